The topological polar surface area (TPSA) is 57.6 Å². The zero-order valence-electron chi connectivity index (χ0n) is 10.4. The molecule has 1 atom stereocenters. The van der Waals surface area contributed by atoms with Crippen molar-refractivity contribution in [1.29, 1.82) is 0 Å². The first-order chi connectivity index (χ1) is 9.34. The van der Waals surface area contributed by atoms with Crippen molar-refractivity contribution in [2.24, 2.45) is 0 Å². The highest BCUT2D eigenvalue weighted by atomic mass is 19.4. The van der Waals surface area contributed by atoms with Crippen molar-refractivity contribution < 1.29 is 27.9 Å². The number of aliphatic carboxylic acids is 1. The molecule has 1 aliphatic rings. The summed E-state index contributed by atoms with van der Waals surface area (Å²) in [5, 5.41) is 9.09. The number of carboxylic acids is 1. The van der Waals surface area contributed by atoms with Gasteiger partial charge in [-0.2, -0.15) is 13.2 Å². The second-order valence-corrected chi connectivity index (χ2v) is 4.58. The molecule has 1 aromatic carbocycles. The normalized spacial score (nSPS) is 19.1. The fourth-order valence-electron chi connectivity index (χ4n) is 2.38. The number of benzene rings is 1. The highest BCUT2D eigenvalue weighted by Gasteiger charge is 2.35. The molecule has 0 aromatic heterocycles. The minimum absolute atomic E-state index is 0.0275. The van der Waals surface area contributed by atoms with Crippen molar-refractivity contribution >= 4 is 17.9 Å². The number of anilines is 1. The van der Waals surface area contributed by atoms with Crippen LogP contribution in [0.15, 0.2) is 18.2 Å². The van der Waals surface area contributed by atoms with Crippen molar-refractivity contribution in [2.75, 3.05) is 11.4 Å². The summed E-state index contributed by atoms with van der Waals surface area (Å²) in [6, 6.07) is 1.84. The van der Waals surface area contributed by atoms with Gasteiger partial charge in [0.2, 0.25) is 0 Å². The molecule has 0 spiro atoms. The van der Waals surface area contributed by atoms with Crippen LogP contribution in [0, 0.1) is 0 Å². The lowest BCUT2D eigenvalue weighted by Crippen LogP contribution is -2.36. The predicted molar refractivity (Wildman–Crippen MR) is 64.8 cm³/mol. The molecule has 1 heterocycles. The third-order valence-corrected chi connectivity index (χ3v) is 3.33. The number of nitrogens with zero attached hydrogens (tertiary/aromatic N) is 1. The molecule has 1 aromatic rings. The van der Waals surface area contributed by atoms with Gasteiger partial charge in [-0.25, -0.2) is 4.79 Å². The molecule has 0 bridgehead atoms. The molecule has 1 aliphatic heterocycles. The number of aldehydes is 1. The van der Waals surface area contributed by atoms with E-state index in [1.54, 1.807) is 0 Å². The average molecular weight is 287 g/mol. The van der Waals surface area contributed by atoms with Crippen molar-refractivity contribution in [3.63, 3.8) is 0 Å². The molecule has 1 saturated heterocycles. The van der Waals surface area contributed by atoms with Gasteiger partial charge in [0.05, 0.1) is 5.56 Å². The minimum Gasteiger partial charge on any atom is -0.480 e. The Labute approximate surface area is 112 Å². The monoisotopic (exact) mass is 287 g/mol. The Kier molecular flexibility index (Phi) is 3.69. The molecule has 1 N–H and O–H groups in total. The Bertz CT molecular complexity index is 542. The zero-order chi connectivity index (χ0) is 14.9. The number of rotatable bonds is 3. The molecule has 20 heavy (non-hydrogen) atoms. The van der Waals surface area contributed by atoms with E-state index in [-0.39, 0.29) is 11.3 Å². The molecule has 1 fully saturated rings. The minimum atomic E-state index is -4.53. The van der Waals surface area contributed by atoms with Crippen LogP contribution in [0.3, 0.4) is 0 Å². The van der Waals surface area contributed by atoms with Crippen LogP contribution in [0.5, 0.6) is 0 Å². The van der Waals surface area contributed by atoms with Gasteiger partial charge in [-0.05, 0) is 31.0 Å². The summed E-state index contributed by atoms with van der Waals surface area (Å²) in [6.07, 6.45) is -3.18. The van der Waals surface area contributed by atoms with Crippen LogP contribution >= 0.6 is 0 Å². The second kappa shape index (κ2) is 5.15. The van der Waals surface area contributed by atoms with E-state index in [1.165, 1.54) is 4.90 Å². The standard InChI is InChI=1S/C13H12F3NO3/c14-13(15,16)9-4-3-8(7-18)11(6-9)17-5-1-2-10(17)12(19)20/h3-4,6-7,10H,1-2,5H2,(H,19,20)/t10-/m0/s1. The van der Waals surface area contributed by atoms with Crippen LogP contribution in [-0.4, -0.2) is 29.9 Å². The summed E-state index contributed by atoms with van der Waals surface area (Å²) in [6.45, 7) is 0.319. The number of hydrogen-bond acceptors (Lipinski definition) is 3. The van der Waals surface area contributed by atoms with E-state index in [2.05, 4.69) is 0 Å². The molecule has 0 amide bonds. The lowest BCUT2D eigenvalue weighted by Gasteiger charge is -2.25. The van der Waals surface area contributed by atoms with Gasteiger partial charge in [-0.1, -0.05) is 0 Å². The van der Waals surface area contributed by atoms with E-state index in [9.17, 15) is 22.8 Å². The first-order valence-corrected chi connectivity index (χ1v) is 6.00. The van der Waals surface area contributed by atoms with E-state index in [0.29, 0.717) is 25.7 Å². The first kappa shape index (κ1) is 14.4. The lowest BCUT2D eigenvalue weighted by molar-refractivity contribution is -0.138. The maximum Gasteiger partial charge on any atom is 0.416 e. The van der Waals surface area contributed by atoms with Crippen molar-refractivity contribution in [3.8, 4) is 0 Å². The van der Waals surface area contributed by atoms with Crippen molar-refractivity contribution in [1.82, 2.24) is 0 Å². The van der Waals surface area contributed by atoms with Crippen LogP contribution in [0.2, 0.25) is 0 Å². The van der Waals surface area contributed by atoms with Gasteiger partial charge in [0.1, 0.15) is 6.04 Å². The molecule has 2 rings (SSSR count). The maximum absolute atomic E-state index is 12.7. The summed E-state index contributed by atoms with van der Waals surface area (Å²) < 4.78 is 38.2. The molecule has 0 aliphatic carbocycles. The average Bonchev–Trinajstić information content (AvgIpc) is 2.86. The molecule has 7 heteroatoms. The Morgan fingerprint density at radius 2 is 2.10 bits per heavy atom. The van der Waals surface area contributed by atoms with Gasteiger partial charge >= 0.3 is 12.1 Å². The first-order valence-electron chi connectivity index (χ1n) is 6.00. The van der Waals surface area contributed by atoms with E-state index in [4.69, 9.17) is 5.11 Å². The van der Waals surface area contributed by atoms with Crippen LogP contribution in [0.1, 0.15) is 28.8 Å². The number of alkyl halides is 3. The number of carboxylic acid groups (broad SMARTS) is 1. The van der Waals surface area contributed by atoms with Gasteiger partial charge in [0, 0.05) is 17.8 Å². The molecular formula is C13H12F3NO3. The Balaban J connectivity index is 2.48. The maximum atomic E-state index is 12.7. The number of hydrogen-bond donors (Lipinski definition) is 1. The molecular weight excluding hydrogens is 275 g/mol. The molecule has 0 saturated carbocycles. The van der Waals surface area contributed by atoms with Crippen molar-refractivity contribution in [2.45, 2.75) is 25.1 Å². The van der Waals surface area contributed by atoms with Crippen LogP contribution in [0.4, 0.5) is 18.9 Å². The Morgan fingerprint density at radius 1 is 1.40 bits per heavy atom. The number of carbonyl (C=O) groups excluding carboxylic acids is 1. The van der Waals surface area contributed by atoms with Gasteiger partial charge in [-0.15, -0.1) is 0 Å². The Morgan fingerprint density at radius 3 is 2.65 bits per heavy atom. The molecule has 0 unspecified atom stereocenters. The van der Waals surface area contributed by atoms with E-state index in [1.807, 2.05) is 0 Å². The zero-order valence-corrected chi connectivity index (χ0v) is 10.4. The second-order valence-electron chi connectivity index (χ2n) is 4.58. The third kappa shape index (κ3) is 2.61. The van der Waals surface area contributed by atoms with Gasteiger partial charge in [-0.3, -0.25) is 4.79 Å². The quantitative estimate of drug-likeness (QED) is 0.868. The van der Waals surface area contributed by atoms with E-state index >= 15 is 0 Å². The van der Waals surface area contributed by atoms with Crippen LogP contribution in [0.25, 0.3) is 0 Å². The van der Waals surface area contributed by atoms with Gasteiger partial charge in [0.15, 0.2) is 6.29 Å². The van der Waals surface area contributed by atoms with Crippen LogP contribution in [-0.2, 0) is 11.0 Å². The fraction of sp³-hybridized carbons (Fsp3) is 0.385. The summed E-state index contributed by atoms with van der Waals surface area (Å²) >= 11 is 0. The Hall–Kier alpha value is -2.05. The molecule has 4 nitrogen and oxygen atoms in total. The smallest absolute Gasteiger partial charge is 0.416 e. The van der Waals surface area contributed by atoms with E-state index < -0.39 is 23.8 Å². The SMILES string of the molecule is O=Cc1ccc(C(F)(F)F)cc1N1CCC[C@H]1C(=O)O. The molecule has 0 radical (unpaired) electrons. The summed E-state index contributed by atoms with van der Waals surface area (Å²) in [5.41, 5.74) is -0.806. The number of halogens is 3. The molecule has 108 valence electrons. The van der Waals surface area contributed by atoms with Crippen LogP contribution < -0.4 is 4.90 Å². The largest absolute Gasteiger partial charge is 0.480 e. The van der Waals surface area contributed by atoms with E-state index in [0.717, 1.165) is 18.2 Å². The highest BCUT2D eigenvalue weighted by Crippen LogP contribution is 2.35. The number of carbonyl (C=O) groups is 2. The van der Waals surface area contributed by atoms with Crippen molar-refractivity contribution in [3.05, 3.63) is 29.3 Å². The summed E-state index contributed by atoms with van der Waals surface area (Å²) in [4.78, 5) is 23.4. The predicted octanol–water partition coefficient (Wildman–Crippen LogP) is 2.57. The summed E-state index contributed by atoms with van der Waals surface area (Å²) in [5.74, 6) is -1.10. The summed E-state index contributed by atoms with van der Waals surface area (Å²) in [7, 11) is 0. The van der Waals surface area contributed by atoms with Gasteiger partial charge in [0.25, 0.3) is 0 Å². The highest BCUT2D eigenvalue weighted by molar-refractivity contribution is 5.88. The fourth-order valence-corrected chi connectivity index (χ4v) is 2.38. The van der Waals surface area contributed by atoms with Gasteiger partial charge < -0.3 is 10.0 Å². The lowest BCUT2D eigenvalue weighted by atomic mass is 10.1. The third-order valence-electron chi connectivity index (χ3n) is 3.33.